The van der Waals surface area contributed by atoms with Crippen LogP contribution in [0.3, 0.4) is 0 Å². The molecule has 6 aliphatic carbocycles. The van der Waals surface area contributed by atoms with E-state index in [-0.39, 0.29) is 28.4 Å². The van der Waals surface area contributed by atoms with Crippen molar-refractivity contribution in [3.8, 4) is 0 Å². The molecule has 1 heterocycles. The Morgan fingerprint density at radius 3 is 2.87 bits per heavy atom. The van der Waals surface area contributed by atoms with Crippen LogP contribution in [-0.4, -0.2) is 34.2 Å². The molecule has 6 fully saturated rings. The second kappa shape index (κ2) is 3.48. The van der Waals surface area contributed by atoms with E-state index in [2.05, 4.69) is 19.7 Å². The molecule has 0 amide bonds. The van der Waals surface area contributed by atoms with Gasteiger partial charge >= 0.3 is 0 Å². The fraction of sp³-hybridized carbons (Fsp3) is 0.850. The van der Waals surface area contributed by atoms with Crippen LogP contribution in [0, 0.1) is 34.0 Å². The first-order valence-electron chi connectivity index (χ1n) is 9.54. The van der Waals surface area contributed by atoms with Crippen molar-refractivity contribution < 1.29 is 10.2 Å². The molecule has 2 spiro atoms. The van der Waals surface area contributed by atoms with Gasteiger partial charge in [0.1, 0.15) is 0 Å². The van der Waals surface area contributed by atoms with Gasteiger partial charge in [-0.2, -0.15) is 0 Å². The maximum absolute atomic E-state index is 12.0. The normalized spacial score (nSPS) is 67.6. The van der Waals surface area contributed by atoms with Gasteiger partial charge < -0.3 is 10.2 Å². The fourth-order valence-corrected chi connectivity index (χ4v) is 8.94. The van der Waals surface area contributed by atoms with Crippen LogP contribution >= 0.6 is 0 Å². The largest absolute Gasteiger partial charge is 0.388 e. The van der Waals surface area contributed by atoms with E-state index in [4.69, 9.17) is 4.99 Å². The third kappa shape index (κ3) is 1.02. The van der Waals surface area contributed by atoms with Crippen molar-refractivity contribution in [1.82, 2.24) is 0 Å². The molecule has 9 atom stereocenters. The quantitative estimate of drug-likeness (QED) is 0.676. The summed E-state index contributed by atoms with van der Waals surface area (Å²) in [6, 6.07) is 0.237. The summed E-state index contributed by atoms with van der Waals surface area (Å²) in [5.74, 6) is 1.35. The van der Waals surface area contributed by atoms with Crippen LogP contribution in [0.1, 0.15) is 51.9 Å². The zero-order valence-corrected chi connectivity index (χ0v) is 14.0. The molecular formula is C20H27NO2. The highest BCUT2D eigenvalue weighted by Crippen LogP contribution is 2.82. The minimum absolute atomic E-state index is 0.0390. The Bertz CT molecular complexity index is 673. The molecule has 0 aromatic heterocycles. The van der Waals surface area contributed by atoms with E-state index >= 15 is 0 Å². The molecule has 23 heavy (non-hydrogen) atoms. The smallest absolute Gasteiger partial charge is 0.0829 e. The number of aliphatic hydroxyl groups is 2. The van der Waals surface area contributed by atoms with Gasteiger partial charge in [-0.05, 0) is 61.9 Å². The van der Waals surface area contributed by atoms with Gasteiger partial charge in [-0.1, -0.05) is 19.9 Å². The molecule has 3 heteroatoms. The maximum atomic E-state index is 12.0. The van der Waals surface area contributed by atoms with Crippen molar-refractivity contribution >= 4 is 6.21 Å². The van der Waals surface area contributed by atoms with Crippen molar-refractivity contribution in [3.05, 3.63) is 12.2 Å². The van der Waals surface area contributed by atoms with Gasteiger partial charge in [0.15, 0.2) is 0 Å². The average Bonchev–Trinajstić information content (AvgIpc) is 2.62. The van der Waals surface area contributed by atoms with Crippen molar-refractivity contribution in [2.24, 2.45) is 39.0 Å². The van der Waals surface area contributed by atoms with Gasteiger partial charge in [-0.3, -0.25) is 4.99 Å². The number of hydrogen-bond donors (Lipinski definition) is 2. The Labute approximate surface area is 137 Å². The topological polar surface area (TPSA) is 52.8 Å². The van der Waals surface area contributed by atoms with Gasteiger partial charge in [0, 0.05) is 22.5 Å². The highest BCUT2D eigenvalue weighted by Gasteiger charge is 2.84. The Morgan fingerprint density at radius 2 is 2.04 bits per heavy atom. The SMILES string of the molecule is C=C1[C@@H]2C[C@@H]3[C@]4(CC[C@]5(O)[C@@]36CCC[C@]5(C)C=N[C@@H]6[C@@H]4C2)[C@@H]1O. The lowest BCUT2D eigenvalue weighted by molar-refractivity contribution is -0.249. The second-order valence-corrected chi connectivity index (χ2v) is 9.81. The van der Waals surface area contributed by atoms with Crippen molar-refractivity contribution in [2.45, 2.75) is 69.6 Å². The zero-order valence-electron chi connectivity index (χ0n) is 14.0. The Morgan fingerprint density at radius 1 is 1.22 bits per heavy atom. The molecule has 0 aromatic carbocycles. The lowest BCUT2D eigenvalue weighted by atomic mass is 9.38. The molecule has 0 radical (unpaired) electrons. The van der Waals surface area contributed by atoms with Gasteiger partial charge in [0.05, 0.1) is 17.7 Å². The predicted molar refractivity (Wildman–Crippen MR) is 88.1 cm³/mol. The van der Waals surface area contributed by atoms with Crippen LogP contribution < -0.4 is 0 Å². The standard InChI is InChI=1S/C20H27NO2/c1-11-12-8-13-15-19-5-3-4-17(2,10-21-15)20(19,23)7-6-18(13,16(11)22)14(19)9-12/h10,12-16,22-23H,1,3-9H2,2H3/t12-,13-,14+,15+,16+,17+,18+,19-,20+/m0/s1. The molecule has 0 saturated heterocycles. The number of aliphatic imine (C=N–C) groups is 1. The Kier molecular flexibility index (Phi) is 2.06. The highest BCUT2D eigenvalue weighted by atomic mass is 16.3. The Hall–Kier alpha value is -0.670. The summed E-state index contributed by atoms with van der Waals surface area (Å²) in [7, 11) is 0. The summed E-state index contributed by atoms with van der Waals surface area (Å²) in [6.07, 6.45) is 9.21. The summed E-state index contributed by atoms with van der Waals surface area (Å²) in [5, 5.41) is 23.2. The number of fused-ring (bicyclic) bond motifs is 1. The third-order valence-corrected chi connectivity index (χ3v) is 9.75. The molecule has 6 saturated carbocycles. The fourth-order valence-electron chi connectivity index (χ4n) is 8.94. The van der Waals surface area contributed by atoms with E-state index in [0.29, 0.717) is 17.8 Å². The molecule has 0 aromatic rings. The summed E-state index contributed by atoms with van der Waals surface area (Å²) in [5.41, 5.74) is 0.195. The monoisotopic (exact) mass is 313 g/mol. The molecule has 2 N–H and O–H groups in total. The number of hydrogen-bond acceptors (Lipinski definition) is 3. The summed E-state index contributed by atoms with van der Waals surface area (Å²) >= 11 is 0. The highest BCUT2D eigenvalue weighted by molar-refractivity contribution is 5.71. The van der Waals surface area contributed by atoms with Crippen LogP contribution in [0.15, 0.2) is 17.1 Å². The van der Waals surface area contributed by atoms with E-state index < -0.39 is 5.60 Å². The number of rotatable bonds is 0. The van der Waals surface area contributed by atoms with Crippen LogP contribution in [0.25, 0.3) is 0 Å². The molecule has 0 unspecified atom stereocenters. The first-order valence-corrected chi connectivity index (χ1v) is 9.54. The minimum Gasteiger partial charge on any atom is -0.388 e. The second-order valence-electron chi connectivity index (χ2n) is 9.81. The molecule has 124 valence electrons. The average molecular weight is 313 g/mol. The van der Waals surface area contributed by atoms with Gasteiger partial charge in [0.2, 0.25) is 0 Å². The third-order valence-electron chi connectivity index (χ3n) is 9.75. The molecule has 1 aliphatic heterocycles. The van der Waals surface area contributed by atoms with Gasteiger partial charge in [-0.15, -0.1) is 0 Å². The van der Waals surface area contributed by atoms with E-state index in [1.807, 2.05) is 0 Å². The summed E-state index contributed by atoms with van der Waals surface area (Å²) < 4.78 is 0. The molecule has 7 rings (SSSR count). The number of nitrogens with zero attached hydrogens (tertiary/aromatic N) is 1. The first-order chi connectivity index (χ1) is 10.9. The lowest BCUT2D eigenvalue weighted by Crippen LogP contribution is -2.72. The summed E-state index contributed by atoms with van der Waals surface area (Å²) in [6.45, 7) is 6.50. The van der Waals surface area contributed by atoms with Crippen LogP contribution in [0.4, 0.5) is 0 Å². The molecule has 7 aliphatic rings. The summed E-state index contributed by atoms with van der Waals surface area (Å²) in [4.78, 5) is 5.11. The van der Waals surface area contributed by atoms with E-state index in [1.54, 1.807) is 0 Å². The van der Waals surface area contributed by atoms with E-state index in [1.165, 1.54) is 6.42 Å². The molecule has 3 nitrogen and oxygen atoms in total. The Balaban J connectivity index is 1.67. The van der Waals surface area contributed by atoms with Crippen LogP contribution in [0.2, 0.25) is 0 Å². The van der Waals surface area contributed by atoms with Crippen molar-refractivity contribution in [2.75, 3.05) is 0 Å². The van der Waals surface area contributed by atoms with Gasteiger partial charge in [0.25, 0.3) is 0 Å². The van der Waals surface area contributed by atoms with Crippen LogP contribution in [0.5, 0.6) is 0 Å². The van der Waals surface area contributed by atoms with Crippen molar-refractivity contribution in [1.29, 1.82) is 0 Å². The molecule has 6 bridgehead atoms. The maximum Gasteiger partial charge on any atom is 0.0829 e. The van der Waals surface area contributed by atoms with Gasteiger partial charge in [-0.25, -0.2) is 0 Å². The minimum atomic E-state index is -0.610. The lowest BCUT2D eigenvalue weighted by Gasteiger charge is -2.68. The van der Waals surface area contributed by atoms with Crippen molar-refractivity contribution in [3.63, 3.8) is 0 Å². The predicted octanol–water partition coefficient (Wildman–Crippen LogP) is 2.71. The van der Waals surface area contributed by atoms with E-state index in [9.17, 15) is 10.2 Å². The number of aliphatic hydroxyl groups excluding tert-OH is 1. The zero-order chi connectivity index (χ0) is 15.8. The van der Waals surface area contributed by atoms with E-state index in [0.717, 1.165) is 44.1 Å². The van der Waals surface area contributed by atoms with Crippen LogP contribution in [-0.2, 0) is 0 Å². The first kappa shape index (κ1) is 13.6. The molecular weight excluding hydrogens is 286 g/mol.